The number of fused-ring (bicyclic) bond motifs is 2. The van der Waals surface area contributed by atoms with E-state index in [1.807, 2.05) is 0 Å². The summed E-state index contributed by atoms with van der Waals surface area (Å²) in [5.41, 5.74) is 14.0. The van der Waals surface area contributed by atoms with Crippen LogP contribution in [0.3, 0.4) is 0 Å². The van der Waals surface area contributed by atoms with Gasteiger partial charge in [0.25, 0.3) is 0 Å². The van der Waals surface area contributed by atoms with Gasteiger partial charge in [-0.1, -0.05) is 6.42 Å². The maximum atomic E-state index is 14.0. The number of carbonyl (C=O) groups is 1. The molecule has 2 aliphatic heterocycles. The summed E-state index contributed by atoms with van der Waals surface area (Å²) < 4.78 is 28.0. The summed E-state index contributed by atoms with van der Waals surface area (Å²) in [6, 6.07) is 3.67. The van der Waals surface area contributed by atoms with Crippen LogP contribution in [-0.4, -0.2) is 37.2 Å². The van der Waals surface area contributed by atoms with Gasteiger partial charge in [0, 0.05) is 36.7 Å². The Hall–Kier alpha value is -1.61. The van der Waals surface area contributed by atoms with Crippen LogP contribution in [0.15, 0.2) is 18.2 Å². The number of carbonyl (C=O) groups excluding carboxylic acids is 1. The standard InChI is InChI=1S/C21H29F2N5O/c22-11-4-10(5-12(23)6-11)14-7-15(13-2-1-3-17-16(13)8-27-28-17)19(24)18-20(14)25-9-26-21(18)29/h4-6,13-20,25,27-28H,1-3,7-9,24H2,(H,26,29). The van der Waals surface area contributed by atoms with E-state index in [1.165, 1.54) is 12.1 Å². The summed E-state index contributed by atoms with van der Waals surface area (Å²) in [6.45, 7) is 1.25. The van der Waals surface area contributed by atoms with E-state index in [1.54, 1.807) is 0 Å². The molecular formula is C21H29F2N5O. The smallest absolute Gasteiger partial charge is 0.227 e. The first kappa shape index (κ1) is 19.4. The summed E-state index contributed by atoms with van der Waals surface area (Å²) in [5, 5.41) is 6.23. The van der Waals surface area contributed by atoms with Crippen LogP contribution >= 0.6 is 0 Å². The molecule has 0 radical (unpaired) electrons. The van der Waals surface area contributed by atoms with E-state index >= 15 is 0 Å². The maximum Gasteiger partial charge on any atom is 0.227 e. The number of hydrazine groups is 1. The van der Waals surface area contributed by atoms with Crippen LogP contribution in [0.4, 0.5) is 8.78 Å². The Balaban J connectivity index is 1.51. The van der Waals surface area contributed by atoms with Gasteiger partial charge in [0.2, 0.25) is 5.91 Å². The molecule has 2 heterocycles. The second kappa shape index (κ2) is 7.58. The number of rotatable bonds is 2. The molecule has 1 aromatic carbocycles. The van der Waals surface area contributed by atoms with Crippen molar-refractivity contribution in [2.24, 2.45) is 29.4 Å². The lowest BCUT2D eigenvalue weighted by atomic mass is 9.58. The molecule has 29 heavy (non-hydrogen) atoms. The van der Waals surface area contributed by atoms with Gasteiger partial charge in [-0.05, 0) is 54.7 Å². The Kier molecular flexibility index (Phi) is 5.06. The van der Waals surface area contributed by atoms with E-state index in [9.17, 15) is 13.6 Å². The highest BCUT2D eigenvalue weighted by Crippen LogP contribution is 2.48. The minimum Gasteiger partial charge on any atom is -0.343 e. The van der Waals surface area contributed by atoms with Crippen molar-refractivity contribution in [3.63, 3.8) is 0 Å². The third-order valence-corrected chi connectivity index (χ3v) is 7.77. The molecular weight excluding hydrogens is 376 g/mol. The number of hydrogen-bond acceptors (Lipinski definition) is 5. The van der Waals surface area contributed by atoms with Gasteiger partial charge >= 0.3 is 0 Å². The summed E-state index contributed by atoms with van der Waals surface area (Å²) in [7, 11) is 0. The quantitative estimate of drug-likeness (QED) is 0.506. The molecule has 4 fully saturated rings. The molecule has 6 N–H and O–H groups in total. The fourth-order valence-electron chi connectivity index (χ4n) is 6.54. The molecule has 6 nitrogen and oxygen atoms in total. The highest BCUT2D eigenvalue weighted by molar-refractivity contribution is 5.81. The van der Waals surface area contributed by atoms with Crippen molar-refractivity contribution < 1.29 is 13.6 Å². The molecule has 158 valence electrons. The molecule has 2 saturated heterocycles. The van der Waals surface area contributed by atoms with Crippen molar-refractivity contribution in [3.05, 3.63) is 35.4 Å². The molecule has 4 aliphatic rings. The Bertz CT molecular complexity index is 772. The third kappa shape index (κ3) is 3.36. The molecule has 8 heteroatoms. The van der Waals surface area contributed by atoms with Gasteiger partial charge in [-0.15, -0.1) is 0 Å². The average Bonchev–Trinajstić information content (AvgIpc) is 3.16. The molecule has 8 unspecified atom stereocenters. The first-order valence-electron chi connectivity index (χ1n) is 10.7. The molecule has 0 spiro atoms. The second-order valence-corrected chi connectivity index (χ2v) is 9.15. The van der Waals surface area contributed by atoms with Crippen LogP contribution in [0.5, 0.6) is 0 Å². The fraction of sp³-hybridized carbons (Fsp3) is 0.667. The number of hydrogen-bond donors (Lipinski definition) is 5. The van der Waals surface area contributed by atoms with E-state index in [0.29, 0.717) is 30.1 Å². The lowest BCUT2D eigenvalue weighted by molar-refractivity contribution is -0.132. The molecule has 2 saturated carbocycles. The summed E-state index contributed by atoms with van der Waals surface area (Å²) >= 11 is 0. The normalized spacial score (nSPS) is 42.1. The SMILES string of the molecule is NC1C(C2CCCC3NNCC32)CC(c2cc(F)cc(F)c2)C2NCNC(=O)C12. The van der Waals surface area contributed by atoms with Crippen LogP contribution in [-0.2, 0) is 4.79 Å². The minimum atomic E-state index is -0.579. The van der Waals surface area contributed by atoms with Crippen molar-refractivity contribution in [2.45, 2.75) is 49.7 Å². The van der Waals surface area contributed by atoms with Crippen LogP contribution in [0.2, 0.25) is 0 Å². The molecule has 1 aromatic rings. The zero-order chi connectivity index (χ0) is 20.1. The number of benzene rings is 1. The predicted molar refractivity (Wildman–Crippen MR) is 104 cm³/mol. The van der Waals surface area contributed by atoms with E-state index in [-0.39, 0.29) is 29.8 Å². The molecule has 0 bridgehead atoms. The van der Waals surface area contributed by atoms with E-state index in [4.69, 9.17) is 5.73 Å². The van der Waals surface area contributed by atoms with E-state index in [0.717, 1.165) is 38.3 Å². The Morgan fingerprint density at radius 2 is 1.83 bits per heavy atom. The molecule has 8 atom stereocenters. The zero-order valence-electron chi connectivity index (χ0n) is 16.3. The van der Waals surface area contributed by atoms with E-state index < -0.39 is 17.6 Å². The first-order chi connectivity index (χ1) is 14.0. The van der Waals surface area contributed by atoms with Crippen molar-refractivity contribution in [2.75, 3.05) is 13.2 Å². The molecule has 1 amide bonds. The number of nitrogens with two attached hydrogens (primary N) is 1. The van der Waals surface area contributed by atoms with Crippen LogP contribution in [0.25, 0.3) is 0 Å². The van der Waals surface area contributed by atoms with Gasteiger partial charge in [0.1, 0.15) is 11.6 Å². The Morgan fingerprint density at radius 3 is 2.62 bits per heavy atom. The monoisotopic (exact) mass is 405 g/mol. The number of halogens is 2. The average molecular weight is 405 g/mol. The van der Waals surface area contributed by atoms with Gasteiger partial charge in [0.05, 0.1) is 12.6 Å². The molecule has 0 aromatic heterocycles. The van der Waals surface area contributed by atoms with Crippen molar-refractivity contribution in [1.82, 2.24) is 21.5 Å². The highest BCUT2D eigenvalue weighted by atomic mass is 19.1. The zero-order valence-corrected chi connectivity index (χ0v) is 16.3. The maximum absolute atomic E-state index is 14.0. The van der Waals surface area contributed by atoms with Gasteiger partial charge in [0.15, 0.2) is 0 Å². The van der Waals surface area contributed by atoms with Crippen LogP contribution in [0, 0.1) is 35.3 Å². The van der Waals surface area contributed by atoms with Crippen molar-refractivity contribution >= 4 is 5.91 Å². The number of nitrogens with one attached hydrogen (secondary N) is 4. The van der Waals surface area contributed by atoms with E-state index in [2.05, 4.69) is 21.5 Å². The highest BCUT2D eigenvalue weighted by Gasteiger charge is 2.52. The van der Waals surface area contributed by atoms with Gasteiger partial charge in [-0.25, -0.2) is 8.78 Å². The first-order valence-corrected chi connectivity index (χ1v) is 10.7. The fourth-order valence-corrected chi connectivity index (χ4v) is 6.54. The largest absolute Gasteiger partial charge is 0.343 e. The minimum absolute atomic E-state index is 0.0529. The lowest BCUT2D eigenvalue weighted by Crippen LogP contribution is -2.67. The summed E-state index contributed by atoms with van der Waals surface area (Å²) in [4.78, 5) is 12.8. The topological polar surface area (TPSA) is 91.2 Å². The number of amides is 1. The third-order valence-electron chi connectivity index (χ3n) is 7.77. The van der Waals surface area contributed by atoms with Crippen molar-refractivity contribution in [1.29, 1.82) is 0 Å². The predicted octanol–water partition coefficient (Wildman–Crippen LogP) is 0.950. The van der Waals surface area contributed by atoms with Crippen LogP contribution in [0.1, 0.15) is 37.2 Å². The lowest BCUT2D eigenvalue weighted by Gasteiger charge is -2.52. The summed E-state index contributed by atoms with van der Waals surface area (Å²) in [5.74, 6) is -0.764. The molecule has 2 aliphatic carbocycles. The second-order valence-electron chi connectivity index (χ2n) is 9.15. The van der Waals surface area contributed by atoms with Gasteiger partial charge in [-0.2, -0.15) is 0 Å². The summed E-state index contributed by atoms with van der Waals surface area (Å²) in [6.07, 6.45) is 4.09. The van der Waals surface area contributed by atoms with Crippen LogP contribution < -0.4 is 27.2 Å². The van der Waals surface area contributed by atoms with Gasteiger partial charge < -0.3 is 11.1 Å². The van der Waals surface area contributed by atoms with Gasteiger partial charge in [-0.3, -0.25) is 21.0 Å². The van der Waals surface area contributed by atoms with Crippen molar-refractivity contribution in [3.8, 4) is 0 Å². The Morgan fingerprint density at radius 1 is 1.03 bits per heavy atom. The molecule has 5 rings (SSSR count). The Labute approximate surface area is 169 Å².